The number of carbonyl (C=O) groups excluding carboxylic acids is 3. The van der Waals surface area contributed by atoms with Gasteiger partial charge in [0.05, 0.1) is 118 Å². The zero-order chi connectivity index (χ0) is 34.1. The van der Waals surface area contributed by atoms with Crippen LogP contribution >= 0.6 is 0 Å². The molecule has 2 atom stereocenters. The monoisotopic (exact) mass is 688 g/mol. The van der Waals surface area contributed by atoms with Crippen LogP contribution in [0.25, 0.3) is 0 Å². The lowest BCUT2D eigenvalue weighted by Gasteiger charge is -2.34. The van der Waals surface area contributed by atoms with Crippen molar-refractivity contribution in [2.24, 2.45) is 0 Å². The Labute approximate surface area is 281 Å². The predicted molar refractivity (Wildman–Crippen MR) is 168 cm³/mol. The number of amides is 2. The molecular formula is C31H52N4O13. The van der Waals surface area contributed by atoms with Gasteiger partial charge in [-0.25, -0.2) is 14.3 Å². The van der Waals surface area contributed by atoms with E-state index >= 15 is 0 Å². The molecule has 48 heavy (non-hydrogen) atoms. The molecule has 1 aromatic rings. The summed E-state index contributed by atoms with van der Waals surface area (Å²) in [6, 6.07) is -1.05. The first-order valence-electron chi connectivity index (χ1n) is 16.5. The normalized spacial score (nSPS) is 17.6. The van der Waals surface area contributed by atoms with Crippen molar-refractivity contribution >= 4 is 17.9 Å². The van der Waals surface area contributed by atoms with Crippen LogP contribution < -0.4 is 5.32 Å². The van der Waals surface area contributed by atoms with E-state index in [0.29, 0.717) is 124 Å². The highest BCUT2D eigenvalue weighted by atomic mass is 16.6. The number of carbonyl (C=O) groups is 3. The van der Waals surface area contributed by atoms with E-state index in [4.69, 9.17) is 47.4 Å². The molecule has 2 saturated heterocycles. The number of aromatic nitrogens is 2. The number of fused-ring (bicyclic) bond motifs is 1. The average Bonchev–Trinajstić information content (AvgIpc) is 3.78. The topological polar surface area (TPSA) is 177 Å². The van der Waals surface area contributed by atoms with Crippen LogP contribution in [-0.4, -0.2) is 177 Å². The maximum atomic E-state index is 12.7. The predicted octanol–water partition coefficient (Wildman–Crippen LogP) is -0.321. The molecule has 0 saturated carbocycles. The third-order valence-electron chi connectivity index (χ3n) is 7.20. The van der Waals surface area contributed by atoms with E-state index in [9.17, 15) is 14.4 Å². The lowest BCUT2D eigenvalue weighted by Crippen LogP contribution is -2.61. The first kappa shape index (κ1) is 39.7. The smallest absolute Gasteiger partial charge is 0.419 e. The minimum absolute atomic E-state index is 0.0598. The van der Waals surface area contributed by atoms with Crippen LogP contribution in [0.15, 0.2) is 12.5 Å². The SMILES string of the molecule is COCCOCCOCCOCCOCCOCCOCCOCCOCCOC(=O)n1cnc(C[C@@H]2NC(=O)[C@@H]3CCCN3C2=O)c1. The van der Waals surface area contributed by atoms with Crippen molar-refractivity contribution in [2.75, 3.05) is 133 Å². The Kier molecular flexibility index (Phi) is 20.9. The van der Waals surface area contributed by atoms with Gasteiger partial charge in [0.25, 0.3) is 0 Å². The molecule has 3 heterocycles. The summed E-state index contributed by atoms with van der Waals surface area (Å²) in [5.41, 5.74) is 0.506. The lowest BCUT2D eigenvalue weighted by atomic mass is 10.0. The van der Waals surface area contributed by atoms with Crippen LogP contribution in [0.4, 0.5) is 4.79 Å². The number of hydrogen-bond donors (Lipinski definition) is 1. The van der Waals surface area contributed by atoms with Crippen molar-refractivity contribution in [3.05, 3.63) is 18.2 Å². The van der Waals surface area contributed by atoms with Gasteiger partial charge in [-0.2, -0.15) is 0 Å². The molecule has 17 nitrogen and oxygen atoms in total. The molecule has 3 rings (SSSR count). The van der Waals surface area contributed by atoms with E-state index in [1.807, 2.05) is 0 Å². The number of hydrogen-bond acceptors (Lipinski definition) is 14. The minimum Gasteiger partial charge on any atom is -0.446 e. The molecule has 0 unspecified atom stereocenters. The molecule has 2 amide bonds. The standard InChI is InChI=1S/C31H52N4O13/c1-39-5-6-40-7-8-41-9-10-42-11-12-43-13-14-44-15-16-45-17-18-46-19-20-47-21-22-48-31(38)34-24-26(32-25-34)23-27-30(37)35-4-2-3-28(35)29(36)33-27/h24-25,27-28H,2-23H2,1H3,(H,33,36)/t27-,28-/m0/s1. The second kappa shape index (κ2) is 25.3. The van der Waals surface area contributed by atoms with Crippen LogP contribution in [0.5, 0.6) is 0 Å². The zero-order valence-corrected chi connectivity index (χ0v) is 28.0. The summed E-state index contributed by atoms with van der Waals surface area (Å²) in [6.07, 6.45) is 3.93. The minimum atomic E-state index is -0.684. The van der Waals surface area contributed by atoms with Crippen molar-refractivity contribution < 1.29 is 61.8 Å². The van der Waals surface area contributed by atoms with Gasteiger partial charge in [-0.3, -0.25) is 9.59 Å². The molecule has 0 aromatic carbocycles. The van der Waals surface area contributed by atoms with Gasteiger partial charge in [-0.05, 0) is 12.8 Å². The molecule has 2 aliphatic rings. The highest BCUT2D eigenvalue weighted by molar-refractivity contribution is 5.97. The highest BCUT2D eigenvalue weighted by Crippen LogP contribution is 2.23. The quantitative estimate of drug-likeness (QED) is 0.108. The van der Waals surface area contributed by atoms with E-state index in [-0.39, 0.29) is 37.5 Å². The fourth-order valence-electron chi connectivity index (χ4n) is 4.80. The number of methoxy groups -OCH3 is 1. The number of ether oxygens (including phenoxy) is 10. The number of imidazole rings is 1. The van der Waals surface area contributed by atoms with Crippen LogP contribution in [0.1, 0.15) is 18.5 Å². The first-order chi connectivity index (χ1) is 23.6. The van der Waals surface area contributed by atoms with Gasteiger partial charge in [0, 0.05) is 26.3 Å². The third kappa shape index (κ3) is 16.1. The van der Waals surface area contributed by atoms with Gasteiger partial charge in [-0.15, -0.1) is 0 Å². The largest absolute Gasteiger partial charge is 0.446 e. The van der Waals surface area contributed by atoms with Gasteiger partial charge in [0.2, 0.25) is 11.8 Å². The molecule has 2 aliphatic heterocycles. The van der Waals surface area contributed by atoms with Gasteiger partial charge < -0.3 is 57.6 Å². The number of nitrogens with zero attached hydrogens (tertiary/aromatic N) is 3. The molecule has 1 aromatic heterocycles. The van der Waals surface area contributed by atoms with E-state index in [1.165, 1.54) is 17.1 Å². The van der Waals surface area contributed by atoms with Crippen molar-refractivity contribution in [1.82, 2.24) is 19.8 Å². The first-order valence-corrected chi connectivity index (χ1v) is 16.5. The molecule has 17 heteroatoms. The zero-order valence-electron chi connectivity index (χ0n) is 28.0. The van der Waals surface area contributed by atoms with Crippen LogP contribution in [0, 0.1) is 0 Å². The molecule has 1 N–H and O–H groups in total. The number of piperazine rings is 1. The summed E-state index contributed by atoms with van der Waals surface area (Å²) in [4.78, 5) is 43.1. The second-order valence-electron chi connectivity index (χ2n) is 10.7. The number of rotatable bonds is 29. The Morgan fingerprint density at radius 2 is 1.19 bits per heavy atom. The van der Waals surface area contributed by atoms with Gasteiger partial charge in [0.1, 0.15) is 25.0 Å². The van der Waals surface area contributed by atoms with Gasteiger partial charge >= 0.3 is 6.09 Å². The summed E-state index contributed by atoms with van der Waals surface area (Å²) in [5, 5.41) is 2.78. The van der Waals surface area contributed by atoms with Gasteiger partial charge in [-0.1, -0.05) is 0 Å². The molecular weight excluding hydrogens is 636 g/mol. The van der Waals surface area contributed by atoms with Crippen molar-refractivity contribution in [1.29, 1.82) is 0 Å². The Morgan fingerprint density at radius 3 is 1.67 bits per heavy atom. The third-order valence-corrected chi connectivity index (χ3v) is 7.20. The Balaban J connectivity index is 1.02. The summed E-state index contributed by atoms with van der Waals surface area (Å²) in [6.45, 7) is 8.57. The van der Waals surface area contributed by atoms with Crippen molar-refractivity contribution in [2.45, 2.75) is 31.3 Å². The molecule has 0 radical (unpaired) electrons. The van der Waals surface area contributed by atoms with Crippen LogP contribution in [0.3, 0.4) is 0 Å². The average molecular weight is 689 g/mol. The Morgan fingerprint density at radius 1 is 0.729 bits per heavy atom. The molecule has 0 spiro atoms. The molecule has 274 valence electrons. The second-order valence-corrected chi connectivity index (χ2v) is 10.7. The Hall–Kier alpha value is -2.74. The van der Waals surface area contributed by atoms with Crippen LogP contribution in [-0.2, 0) is 63.4 Å². The summed E-state index contributed by atoms with van der Waals surface area (Å²) < 4.78 is 54.7. The summed E-state index contributed by atoms with van der Waals surface area (Å²) in [7, 11) is 1.64. The molecule has 2 fully saturated rings. The van der Waals surface area contributed by atoms with E-state index < -0.39 is 12.1 Å². The maximum absolute atomic E-state index is 12.7. The highest BCUT2D eigenvalue weighted by Gasteiger charge is 2.43. The van der Waals surface area contributed by atoms with E-state index in [1.54, 1.807) is 12.0 Å². The molecule has 0 aliphatic carbocycles. The van der Waals surface area contributed by atoms with Crippen molar-refractivity contribution in [3.8, 4) is 0 Å². The summed E-state index contributed by atoms with van der Waals surface area (Å²) >= 11 is 0. The van der Waals surface area contributed by atoms with Crippen molar-refractivity contribution in [3.63, 3.8) is 0 Å². The lowest BCUT2D eigenvalue weighted by molar-refractivity contribution is -0.147. The molecule has 0 bridgehead atoms. The van der Waals surface area contributed by atoms with Gasteiger partial charge in [0.15, 0.2) is 0 Å². The Bertz CT molecular complexity index is 1030. The fourth-order valence-corrected chi connectivity index (χ4v) is 4.80. The number of nitrogens with one attached hydrogen (secondary N) is 1. The van der Waals surface area contributed by atoms with E-state index in [0.717, 1.165) is 6.42 Å². The van der Waals surface area contributed by atoms with E-state index in [2.05, 4.69) is 10.3 Å². The fraction of sp³-hybridized carbons (Fsp3) is 0.806. The summed E-state index contributed by atoms with van der Waals surface area (Å²) in [5.74, 6) is -0.248. The maximum Gasteiger partial charge on any atom is 0.419 e. The van der Waals surface area contributed by atoms with Crippen LogP contribution in [0.2, 0.25) is 0 Å².